The van der Waals surface area contributed by atoms with E-state index in [2.05, 4.69) is 15.5 Å². The molecule has 2 rings (SSSR count). The van der Waals surface area contributed by atoms with Crippen molar-refractivity contribution in [3.63, 3.8) is 0 Å². The fourth-order valence-electron chi connectivity index (χ4n) is 2.17. The number of hydrogen-bond donors (Lipinski definition) is 1. The van der Waals surface area contributed by atoms with Crippen molar-refractivity contribution in [1.82, 2.24) is 20.4 Å². The number of carbonyl (C=O) groups excluding carboxylic acids is 2. The van der Waals surface area contributed by atoms with Crippen molar-refractivity contribution < 1.29 is 9.59 Å². The van der Waals surface area contributed by atoms with E-state index in [1.165, 1.54) is 6.07 Å². The second kappa shape index (κ2) is 5.97. The minimum Gasteiger partial charge on any atom is -0.359 e. The first-order valence-electron chi connectivity index (χ1n) is 6.12. The first-order chi connectivity index (χ1) is 9.11. The van der Waals surface area contributed by atoms with Crippen molar-refractivity contribution in [2.24, 2.45) is 5.92 Å². The molecule has 1 saturated heterocycles. The Labute approximate surface area is 116 Å². The number of carbonyl (C=O) groups is 2. The zero-order chi connectivity index (χ0) is 13.8. The molecule has 7 heteroatoms. The van der Waals surface area contributed by atoms with Crippen molar-refractivity contribution in [1.29, 1.82) is 0 Å². The Morgan fingerprint density at radius 2 is 2.21 bits per heavy atom. The van der Waals surface area contributed by atoms with E-state index in [-0.39, 0.29) is 28.6 Å². The Balaban J connectivity index is 2.06. The summed E-state index contributed by atoms with van der Waals surface area (Å²) in [5.41, 5.74) is 0.252. The fraction of sp³-hybridized carbons (Fsp3) is 0.500. The van der Waals surface area contributed by atoms with Crippen LogP contribution in [0.2, 0.25) is 5.15 Å². The third kappa shape index (κ3) is 3.20. The van der Waals surface area contributed by atoms with Gasteiger partial charge in [0.1, 0.15) is 0 Å². The fourth-order valence-corrected chi connectivity index (χ4v) is 2.27. The van der Waals surface area contributed by atoms with Gasteiger partial charge in [0.15, 0.2) is 10.8 Å². The summed E-state index contributed by atoms with van der Waals surface area (Å²) in [7, 11) is 1.60. The average Bonchev–Trinajstić information content (AvgIpc) is 2.46. The third-order valence-electron chi connectivity index (χ3n) is 3.18. The lowest BCUT2D eigenvalue weighted by molar-refractivity contribution is -0.125. The van der Waals surface area contributed by atoms with E-state index in [9.17, 15) is 9.59 Å². The molecule has 1 aromatic rings. The Bertz CT molecular complexity index is 477. The molecule has 0 spiro atoms. The average molecular weight is 283 g/mol. The largest absolute Gasteiger partial charge is 0.359 e. The Kier molecular flexibility index (Phi) is 4.31. The normalized spacial score (nSPS) is 19.1. The molecular formula is C12H15ClN4O2. The molecule has 1 aliphatic heterocycles. The van der Waals surface area contributed by atoms with Gasteiger partial charge in [-0.15, -0.1) is 10.2 Å². The molecule has 1 N–H and O–H groups in total. The molecule has 19 heavy (non-hydrogen) atoms. The first kappa shape index (κ1) is 13.7. The van der Waals surface area contributed by atoms with Crippen LogP contribution < -0.4 is 5.32 Å². The highest BCUT2D eigenvalue weighted by Gasteiger charge is 2.28. The molecule has 1 aliphatic rings. The number of hydrogen-bond acceptors (Lipinski definition) is 4. The predicted octanol–water partition coefficient (Wildman–Crippen LogP) is 0.728. The first-order valence-corrected chi connectivity index (χ1v) is 6.49. The number of aromatic nitrogens is 2. The van der Waals surface area contributed by atoms with E-state index in [1.54, 1.807) is 18.0 Å². The zero-order valence-corrected chi connectivity index (χ0v) is 11.4. The molecule has 1 atom stereocenters. The summed E-state index contributed by atoms with van der Waals surface area (Å²) in [6.45, 7) is 1.06. The third-order valence-corrected chi connectivity index (χ3v) is 3.38. The van der Waals surface area contributed by atoms with Gasteiger partial charge in [0.2, 0.25) is 5.91 Å². The highest BCUT2D eigenvalue weighted by atomic mass is 35.5. The van der Waals surface area contributed by atoms with Crippen LogP contribution >= 0.6 is 11.6 Å². The molecule has 0 aliphatic carbocycles. The number of halogens is 1. The second-order valence-corrected chi connectivity index (χ2v) is 4.83. The summed E-state index contributed by atoms with van der Waals surface area (Å²) in [6.07, 6.45) is 1.61. The molecule has 102 valence electrons. The number of amides is 2. The van der Waals surface area contributed by atoms with E-state index in [4.69, 9.17) is 11.6 Å². The summed E-state index contributed by atoms with van der Waals surface area (Å²) in [6, 6.07) is 3.07. The van der Waals surface area contributed by atoms with E-state index in [0.29, 0.717) is 13.1 Å². The maximum Gasteiger partial charge on any atom is 0.274 e. The van der Waals surface area contributed by atoms with E-state index < -0.39 is 0 Å². The van der Waals surface area contributed by atoms with Crippen molar-refractivity contribution in [3.05, 3.63) is 23.0 Å². The smallest absolute Gasteiger partial charge is 0.274 e. The van der Waals surface area contributed by atoms with E-state index >= 15 is 0 Å². The zero-order valence-electron chi connectivity index (χ0n) is 10.6. The van der Waals surface area contributed by atoms with E-state index in [1.807, 2.05) is 0 Å². The van der Waals surface area contributed by atoms with Crippen LogP contribution in [0.1, 0.15) is 23.3 Å². The summed E-state index contributed by atoms with van der Waals surface area (Å²) in [4.78, 5) is 25.5. The van der Waals surface area contributed by atoms with Gasteiger partial charge in [-0.1, -0.05) is 11.6 Å². The van der Waals surface area contributed by atoms with Crippen LogP contribution in [-0.2, 0) is 4.79 Å². The summed E-state index contributed by atoms with van der Waals surface area (Å²) in [5.74, 6) is -0.389. The Hall–Kier alpha value is -1.69. The highest BCUT2D eigenvalue weighted by Crippen LogP contribution is 2.18. The minimum absolute atomic E-state index is 0.0281. The van der Waals surface area contributed by atoms with Crippen LogP contribution in [-0.4, -0.2) is 47.0 Å². The number of piperidine rings is 1. The predicted molar refractivity (Wildman–Crippen MR) is 69.7 cm³/mol. The van der Waals surface area contributed by atoms with Gasteiger partial charge in [-0.2, -0.15) is 0 Å². The number of nitrogens with one attached hydrogen (secondary N) is 1. The van der Waals surface area contributed by atoms with Crippen molar-refractivity contribution in [2.75, 3.05) is 20.1 Å². The van der Waals surface area contributed by atoms with Crippen LogP contribution in [0.5, 0.6) is 0 Å². The molecule has 1 unspecified atom stereocenters. The van der Waals surface area contributed by atoms with Gasteiger partial charge >= 0.3 is 0 Å². The van der Waals surface area contributed by atoms with Crippen LogP contribution in [0.3, 0.4) is 0 Å². The van der Waals surface area contributed by atoms with Gasteiger partial charge in [0, 0.05) is 20.1 Å². The molecule has 6 nitrogen and oxygen atoms in total. The van der Waals surface area contributed by atoms with E-state index in [0.717, 1.165) is 12.8 Å². The molecule has 2 amide bonds. The van der Waals surface area contributed by atoms with Gasteiger partial charge < -0.3 is 10.2 Å². The number of nitrogens with zero attached hydrogens (tertiary/aromatic N) is 3. The maximum atomic E-state index is 12.2. The van der Waals surface area contributed by atoms with Crippen molar-refractivity contribution in [3.8, 4) is 0 Å². The van der Waals surface area contributed by atoms with Gasteiger partial charge in [-0.3, -0.25) is 9.59 Å². The molecule has 0 saturated carbocycles. The van der Waals surface area contributed by atoms with Gasteiger partial charge in [0.05, 0.1) is 5.92 Å². The minimum atomic E-state index is -0.210. The van der Waals surface area contributed by atoms with Crippen LogP contribution in [0.15, 0.2) is 12.1 Å². The monoisotopic (exact) mass is 282 g/mol. The van der Waals surface area contributed by atoms with Gasteiger partial charge in [-0.25, -0.2) is 0 Å². The van der Waals surface area contributed by atoms with Gasteiger partial charge in [-0.05, 0) is 25.0 Å². The second-order valence-electron chi connectivity index (χ2n) is 4.45. The summed E-state index contributed by atoms with van der Waals surface area (Å²) in [5, 5.41) is 10.3. The SMILES string of the molecule is CNC(=O)C1CCCN(C(=O)c2ccc(Cl)nn2)C1. The number of likely N-dealkylation sites (tertiary alicyclic amines) is 1. The Morgan fingerprint density at radius 1 is 1.42 bits per heavy atom. The Morgan fingerprint density at radius 3 is 2.84 bits per heavy atom. The molecule has 1 aromatic heterocycles. The van der Waals surface area contributed by atoms with Crippen LogP contribution in [0, 0.1) is 5.92 Å². The van der Waals surface area contributed by atoms with Crippen molar-refractivity contribution in [2.45, 2.75) is 12.8 Å². The number of rotatable bonds is 2. The standard InChI is InChI=1S/C12H15ClN4O2/c1-14-11(18)8-3-2-6-17(7-8)12(19)9-4-5-10(13)16-15-9/h4-5,8H,2-3,6-7H2,1H3,(H,14,18). The van der Waals surface area contributed by atoms with Crippen LogP contribution in [0.25, 0.3) is 0 Å². The molecule has 0 bridgehead atoms. The summed E-state index contributed by atoms with van der Waals surface area (Å²) >= 11 is 5.63. The lowest BCUT2D eigenvalue weighted by Crippen LogP contribution is -2.45. The van der Waals surface area contributed by atoms with Crippen LogP contribution in [0.4, 0.5) is 0 Å². The summed E-state index contributed by atoms with van der Waals surface area (Å²) < 4.78 is 0. The molecular weight excluding hydrogens is 268 g/mol. The molecule has 2 heterocycles. The van der Waals surface area contributed by atoms with Gasteiger partial charge in [0.25, 0.3) is 5.91 Å². The topological polar surface area (TPSA) is 75.2 Å². The van der Waals surface area contributed by atoms with Crippen molar-refractivity contribution >= 4 is 23.4 Å². The lowest BCUT2D eigenvalue weighted by atomic mass is 9.97. The maximum absolute atomic E-state index is 12.2. The highest BCUT2D eigenvalue weighted by molar-refractivity contribution is 6.29. The quantitative estimate of drug-likeness (QED) is 0.868. The lowest BCUT2D eigenvalue weighted by Gasteiger charge is -2.31. The molecule has 1 fully saturated rings. The molecule has 0 aromatic carbocycles. The molecule has 0 radical (unpaired) electrons.